The standard InChI is InChI=1S/C25H19F3N2O4/c1-33-19-12-5-7-15(13-19)21-20-22(34-30(21)17-9-3-2-4-10-17)24(32)29(23(20)31)18-11-6-8-16(14-18)25(26,27)28/h2-14,20-22H,1H3/t20-,21-,22+/m1/s1. The SMILES string of the molecule is COc1cccc([C@@H]2[C@H]3C(=O)N(c4cccc(C(F)(F)F)c4)C(=O)[C@H]3ON2c2ccccc2)c1. The molecule has 174 valence electrons. The summed E-state index contributed by atoms with van der Waals surface area (Å²) in [7, 11) is 1.52. The molecular formula is C25H19F3N2O4. The molecule has 0 unspecified atom stereocenters. The summed E-state index contributed by atoms with van der Waals surface area (Å²) in [5, 5.41) is 1.52. The summed E-state index contributed by atoms with van der Waals surface area (Å²) in [4.78, 5) is 33.6. The number of carbonyl (C=O) groups is 2. The van der Waals surface area contributed by atoms with Crippen molar-refractivity contribution in [3.05, 3.63) is 90.0 Å². The first kappa shape index (κ1) is 22.0. The fourth-order valence-corrected chi connectivity index (χ4v) is 4.45. The molecule has 3 atom stereocenters. The van der Waals surface area contributed by atoms with Crippen LogP contribution in [0.4, 0.5) is 24.5 Å². The fraction of sp³-hybridized carbons (Fsp3) is 0.200. The van der Waals surface area contributed by atoms with E-state index in [-0.39, 0.29) is 5.69 Å². The van der Waals surface area contributed by atoms with Gasteiger partial charge in [0.25, 0.3) is 5.91 Å². The van der Waals surface area contributed by atoms with Gasteiger partial charge >= 0.3 is 6.18 Å². The van der Waals surface area contributed by atoms with E-state index in [1.165, 1.54) is 24.3 Å². The van der Waals surface area contributed by atoms with Crippen LogP contribution in [0.5, 0.6) is 5.75 Å². The van der Waals surface area contributed by atoms with Crippen molar-refractivity contribution in [2.24, 2.45) is 5.92 Å². The highest BCUT2D eigenvalue weighted by atomic mass is 19.4. The van der Waals surface area contributed by atoms with Gasteiger partial charge in [0, 0.05) is 0 Å². The second-order valence-corrected chi connectivity index (χ2v) is 7.99. The molecule has 2 fully saturated rings. The lowest BCUT2D eigenvalue weighted by molar-refractivity contribution is -0.137. The molecule has 0 aliphatic carbocycles. The Balaban J connectivity index is 1.58. The third-order valence-electron chi connectivity index (χ3n) is 5.99. The first-order valence-electron chi connectivity index (χ1n) is 10.5. The van der Waals surface area contributed by atoms with E-state index < -0.39 is 41.6 Å². The molecule has 2 heterocycles. The van der Waals surface area contributed by atoms with Gasteiger partial charge in [-0.1, -0.05) is 36.4 Å². The second-order valence-electron chi connectivity index (χ2n) is 7.99. The van der Waals surface area contributed by atoms with Crippen LogP contribution >= 0.6 is 0 Å². The molecule has 2 saturated heterocycles. The third-order valence-corrected chi connectivity index (χ3v) is 5.99. The maximum absolute atomic E-state index is 13.6. The van der Waals surface area contributed by atoms with Crippen LogP contribution in [0, 0.1) is 5.92 Å². The van der Waals surface area contributed by atoms with Gasteiger partial charge in [0.1, 0.15) is 11.7 Å². The maximum Gasteiger partial charge on any atom is 0.416 e. The molecule has 0 spiro atoms. The van der Waals surface area contributed by atoms with Gasteiger partial charge in [0.2, 0.25) is 5.91 Å². The molecule has 3 aromatic rings. The van der Waals surface area contributed by atoms with Crippen molar-refractivity contribution in [2.45, 2.75) is 18.3 Å². The number of methoxy groups -OCH3 is 1. The van der Waals surface area contributed by atoms with Crippen LogP contribution in [0.25, 0.3) is 0 Å². The molecule has 2 aliphatic rings. The van der Waals surface area contributed by atoms with E-state index >= 15 is 0 Å². The van der Waals surface area contributed by atoms with E-state index in [4.69, 9.17) is 9.57 Å². The first-order valence-corrected chi connectivity index (χ1v) is 10.5. The van der Waals surface area contributed by atoms with Crippen LogP contribution in [-0.2, 0) is 20.6 Å². The smallest absolute Gasteiger partial charge is 0.416 e. The third kappa shape index (κ3) is 3.58. The number of ether oxygens (including phenoxy) is 1. The molecule has 9 heteroatoms. The first-order chi connectivity index (χ1) is 16.3. The van der Waals surface area contributed by atoms with Crippen molar-refractivity contribution in [1.29, 1.82) is 0 Å². The van der Waals surface area contributed by atoms with E-state index in [1.807, 2.05) is 6.07 Å². The number of rotatable bonds is 4. The highest BCUT2D eigenvalue weighted by molar-refractivity contribution is 6.24. The van der Waals surface area contributed by atoms with Crippen molar-refractivity contribution in [3.63, 3.8) is 0 Å². The van der Waals surface area contributed by atoms with Gasteiger partial charge in [-0.2, -0.15) is 13.2 Å². The lowest BCUT2D eigenvalue weighted by atomic mass is 9.90. The van der Waals surface area contributed by atoms with Crippen molar-refractivity contribution < 1.29 is 32.3 Å². The number of benzene rings is 3. The molecule has 5 rings (SSSR count). The molecule has 2 aliphatic heterocycles. The summed E-state index contributed by atoms with van der Waals surface area (Å²) in [6.45, 7) is 0. The number of para-hydroxylation sites is 1. The van der Waals surface area contributed by atoms with Crippen LogP contribution in [0.15, 0.2) is 78.9 Å². The van der Waals surface area contributed by atoms with E-state index in [1.54, 1.807) is 48.5 Å². The lowest BCUT2D eigenvalue weighted by Gasteiger charge is -2.29. The summed E-state index contributed by atoms with van der Waals surface area (Å²) < 4.78 is 45.0. The number of nitrogens with zero attached hydrogens (tertiary/aromatic N) is 2. The number of amides is 2. The molecule has 0 saturated carbocycles. The van der Waals surface area contributed by atoms with Gasteiger partial charge < -0.3 is 4.74 Å². The number of hydroxylamine groups is 1. The van der Waals surface area contributed by atoms with E-state index in [9.17, 15) is 22.8 Å². The van der Waals surface area contributed by atoms with Crippen LogP contribution in [-0.4, -0.2) is 25.0 Å². The predicted molar refractivity (Wildman–Crippen MR) is 117 cm³/mol. The zero-order chi connectivity index (χ0) is 24.0. The Hall–Kier alpha value is -3.85. The Morgan fingerprint density at radius 1 is 0.853 bits per heavy atom. The maximum atomic E-state index is 13.6. The topological polar surface area (TPSA) is 59.1 Å². The fourth-order valence-electron chi connectivity index (χ4n) is 4.45. The summed E-state index contributed by atoms with van der Waals surface area (Å²) in [5.74, 6) is -1.74. The largest absolute Gasteiger partial charge is 0.497 e. The predicted octanol–water partition coefficient (Wildman–Crippen LogP) is 4.77. The Bertz CT molecular complexity index is 1250. The zero-order valence-corrected chi connectivity index (χ0v) is 17.9. The van der Waals surface area contributed by atoms with Crippen LogP contribution < -0.4 is 14.7 Å². The number of halogens is 3. The minimum atomic E-state index is -4.61. The number of hydrogen-bond donors (Lipinski definition) is 0. The summed E-state index contributed by atoms with van der Waals surface area (Å²) in [6, 6.07) is 19.5. The minimum absolute atomic E-state index is 0.140. The number of alkyl halides is 3. The number of hydrogen-bond acceptors (Lipinski definition) is 5. The van der Waals surface area contributed by atoms with Crippen LogP contribution in [0.2, 0.25) is 0 Å². The van der Waals surface area contributed by atoms with Gasteiger partial charge in [0.15, 0.2) is 6.10 Å². The quantitative estimate of drug-likeness (QED) is 0.517. The van der Waals surface area contributed by atoms with Crippen molar-refractivity contribution in [3.8, 4) is 5.75 Å². The molecular weight excluding hydrogens is 449 g/mol. The van der Waals surface area contributed by atoms with Crippen molar-refractivity contribution in [2.75, 3.05) is 17.1 Å². The van der Waals surface area contributed by atoms with Gasteiger partial charge in [0.05, 0.1) is 30.1 Å². The molecule has 0 aromatic heterocycles. The lowest BCUT2D eigenvalue weighted by Crippen LogP contribution is -2.37. The Morgan fingerprint density at radius 2 is 1.56 bits per heavy atom. The van der Waals surface area contributed by atoms with Crippen molar-refractivity contribution >= 4 is 23.2 Å². The van der Waals surface area contributed by atoms with E-state index in [0.717, 1.165) is 17.0 Å². The van der Waals surface area contributed by atoms with Gasteiger partial charge in [-0.3, -0.25) is 14.4 Å². The Morgan fingerprint density at radius 3 is 2.26 bits per heavy atom. The highest BCUT2D eigenvalue weighted by Gasteiger charge is 2.60. The average molecular weight is 468 g/mol. The molecule has 3 aromatic carbocycles. The summed E-state index contributed by atoms with van der Waals surface area (Å²) in [5.41, 5.74) is 0.219. The minimum Gasteiger partial charge on any atom is -0.497 e. The molecule has 0 radical (unpaired) electrons. The molecule has 2 amide bonds. The highest BCUT2D eigenvalue weighted by Crippen LogP contribution is 2.48. The molecule has 0 bridgehead atoms. The van der Waals surface area contributed by atoms with E-state index in [0.29, 0.717) is 17.0 Å². The van der Waals surface area contributed by atoms with Crippen LogP contribution in [0.3, 0.4) is 0 Å². The van der Waals surface area contributed by atoms with E-state index in [2.05, 4.69) is 0 Å². The summed E-state index contributed by atoms with van der Waals surface area (Å²) >= 11 is 0. The Labute approximate surface area is 193 Å². The molecule has 34 heavy (non-hydrogen) atoms. The van der Waals surface area contributed by atoms with Crippen LogP contribution in [0.1, 0.15) is 17.2 Å². The number of carbonyl (C=O) groups excluding carboxylic acids is 2. The normalized spacial score (nSPS) is 22.3. The average Bonchev–Trinajstić information content (AvgIpc) is 3.35. The van der Waals surface area contributed by atoms with Crippen molar-refractivity contribution in [1.82, 2.24) is 0 Å². The number of imide groups is 1. The zero-order valence-electron chi connectivity index (χ0n) is 17.9. The monoisotopic (exact) mass is 468 g/mol. The molecule has 6 nitrogen and oxygen atoms in total. The molecule has 0 N–H and O–H groups in total. The summed E-state index contributed by atoms with van der Waals surface area (Å²) in [6.07, 6.45) is -5.79. The van der Waals surface area contributed by atoms with Gasteiger partial charge in [-0.05, 0) is 48.0 Å². The van der Waals surface area contributed by atoms with Gasteiger partial charge in [-0.15, -0.1) is 0 Å². The van der Waals surface area contributed by atoms with Gasteiger partial charge in [-0.25, -0.2) is 9.96 Å². The number of fused-ring (bicyclic) bond motifs is 1. The number of anilines is 2. The Kier molecular flexibility index (Phi) is 5.28. The second kappa shape index (κ2) is 8.18.